The van der Waals surface area contributed by atoms with Crippen molar-refractivity contribution in [3.8, 4) is 5.75 Å². The summed E-state index contributed by atoms with van der Waals surface area (Å²) in [7, 11) is 0. The highest BCUT2D eigenvalue weighted by molar-refractivity contribution is 6.05. The van der Waals surface area contributed by atoms with Crippen molar-refractivity contribution in [2.45, 2.75) is 72.6 Å². The number of carbonyl (C=O) groups is 2. The maximum absolute atomic E-state index is 13.6. The molecular formula is C28H42N6O5. The molecule has 1 fully saturated rings. The van der Waals surface area contributed by atoms with Crippen LogP contribution in [0, 0.1) is 6.92 Å². The summed E-state index contributed by atoms with van der Waals surface area (Å²) in [4.78, 5) is 39.0. The summed E-state index contributed by atoms with van der Waals surface area (Å²) in [6.45, 7) is 13.8. The molecule has 2 bridgehead atoms. The molecule has 2 aliphatic rings. The molecule has 0 saturated carbocycles. The number of urea groups is 1. The van der Waals surface area contributed by atoms with E-state index in [1.165, 1.54) is 0 Å². The van der Waals surface area contributed by atoms with Gasteiger partial charge in [0.2, 0.25) is 0 Å². The van der Waals surface area contributed by atoms with Crippen molar-refractivity contribution in [3.05, 3.63) is 35.7 Å². The lowest BCUT2D eigenvalue weighted by atomic mass is 9.98. The summed E-state index contributed by atoms with van der Waals surface area (Å²) in [5, 5.41) is 15.3. The third-order valence-corrected chi connectivity index (χ3v) is 6.24. The lowest BCUT2D eigenvalue weighted by Gasteiger charge is -2.46. The molecule has 0 radical (unpaired) electrons. The van der Waals surface area contributed by atoms with Gasteiger partial charge in [0.1, 0.15) is 17.3 Å². The first-order chi connectivity index (χ1) is 18.7. The molecule has 2 aliphatic heterocycles. The molecule has 2 aromatic rings. The lowest BCUT2D eigenvalue weighted by molar-refractivity contribution is -0.176. The van der Waals surface area contributed by atoms with Crippen molar-refractivity contribution in [2.24, 2.45) is 0 Å². The standard InChI is InChI=1S/C26H36N6O5.C2H6/c1-5-27-24(33)20-14-17(2)22-23(29-20)32(18-8-6-11-31(22)16-18)25(34)30-21-15-19(9-10-28-21)36-12-7-13-37-26(3,4)35;1-2/h9-10,14-15,18,35H,5-8,11-13,16H2,1-4H3,(H,27,33)(H,28,30,34);1-2H3/t18-;/m0./s1. The molecule has 2 aromatic heterocycles. The quantitative estimate of drug-likeness (QED) is 0.319. The van der Waals surface area contributed by atoms with Crippen LogP contribution in [0.4, 0.5) is 22.1 Å². The van der Waals surface area contributed by atoms with Gasteiger partial charge >= 0.3 is 6.03 Å². The van der Waals surface area contributed by atoms with Gasteiger partial charge in [0.05, 0.1) is 24.9 Å². The molecule has 11 nitrogen and oxygen atoms in total. The van der Waals surface area contributed by atoms with Crippen LogP contribution < -0.4 is 25.2 Å². The van der Waals surface area contributed by atoms with E-state index in [0.29, 0.717) is 55.8 Å². The minimum Gasteiger partial charge on any atom is -0.493 e. The number of carbonyl (C=O) groups excluding carboxylic acids is 2. The number of nitrogens with one attached hydrogen (secondary N) is 2. The third kappa shape index (κ3) is 7.79. The molecule has 39 heavy (non-hydrogen) atoms. The Morgan fingerprint density at radius 1 is 1.23 bits per heavy atom. The number of piperidine rings is 1. The molecule has 0 spiro atoms. The van der Waals surface area contributed by atoms with Gasteiger partial charge in [-0.05, 0) is 58.2 Å². The Bertz CT molecular complexity index is 1140. The number of aliphatic hydroxyl groups is 1. The van der Waals surface area contributed by atoms with Crippen LogP contribution in [0.2, 0.25) is 0 Å². The summed E-state index contributed by atoms with van der Waals surface area (Å²) in [5.74, 6) is -0.0340. The highest BCUT2D eigenvalue weighted by Crippen LogP contribution is 2.40. The number of nitrogens with zero attached hydrogens (tertiary/aromatic N) is 4. The van der Waals surface area contributed by atoms with Crippen molar-refractivity contribution < 1.29 is 24.2 Å². The molecule has 0 aromatic carbocycles. The molecule has 0 aliphatic carbocycles. The Morgan fingerprint density at radius 2 is 2.00 bits per heavy atom. The van der Waals surface area contributed by atoms with Crippen molar-refractivity contribution in [1.82, 2.24) is 15.3 Å². The van der Waals surface area contributed by atoms with Gasteiger partial charge in [0.25, 0.3) is 5.91 Å². The zero-order chi connectivity index (χ0) is 28.6. The Balaban J connectivity index is 0.00000205. The second-order valence-electron chi connectivity index (χ2n) is 9.77. The maximum Gasteiger partial charge on any atom is 0.329 e. The van der Waals surface area contributed by atoms with Crippen molar-refractivity contribution in [3.63, 3.8) is 0 Å². The minimum absolute atomic E-state index is 0.0622. The Kier molecular flexibility index (Phi) is 10.5. The van der Waals surface area contributed by atoms with Crippen LogP contribution >= 0.6 is 0 Å². The highest BCUT2D eigenvalue weighted by atomic mass is 16.6. The van der Waals surface area contributed by atoms with E-state index in [2.05, 4.69) is 25.5 Å². The molecule has 3 amide bonds. The van der Waals surface area contributed by atoms with E-state index >= 15 is 0 Å². The number of pyridine rings is 2. The molecule has 4 heterocycles. The predicted octanol–water partition coefficient (Wildman–Crippen LogP) is 4.10. The van der Waals surface area contributed by atoms with Crippen LogP contribution in [0.1, 0.15) is 69.9 Å². The fourth-order valence-corrected chi connectivity index (χ4v) is 4.69. The molecule has 11 heteroatoms. The highest BCUT2D eigenvalue weighted by Gasteiger charge is 2.39. The van der Waals surface area contributed by atoms with Crippen LogP contribution in [0.15, 0.2) is 24.4 Å². The smallest absolute Gasteiger partial charge is 0.329 e. The number of aromatic nitrogens is 2. The van der Waals surface area contributed by atoms with Crippen molar-refractivity contribution in [1.29, 1.82) is 0 Å². The fourth-order valence-electron chi connectivity index (χ4n) is 4.69. The SMILES string of the molecule is CC.CCNC(=O)c1cc(C)c2c(n1)N(C(=O)Nc1cc(OCCCOC(C)(C)O)ccn1)[C@H]1CCCN2C1. The fraction of sp³-hybridized carbons (Fsp3) is 0.571. The van der Waals surface area contributed by atoms with E-state index in [-0.39, 0.29) is 18.0 Å². The number of hydrogen-bond acceptors (Lipinski definition) is 8. The first kappa shape index (κ1) is 30.1. The van der Waals surface area contributed by atoms with Crippen LogP contribution in [-0.4, -0.2) is 71.7 Å². The van der Waals surface area contributed by atoms with Crippen LogP contribution in [0.3, 0.4) is 0 Å². The first-order valence-corrected chi connectivity index (χ1v) is 13.8. The number of rotatable bonds is 9. The zero-order valence-electron chi connectivity index (χ0n) is 23.9. The summed E-state index contributed by atoms with van der Waals surface area (Å²) in [6.07, 6.45) is 3.97. The van der Waals surface area contributed by atoms with Gasteiger partial charge in [-0.25, -0.2) is 14.8 Å². The number of ether oxygens (including phenoxy) is 2. The van der Waals surface area contributed by atoms with Crippen LogP contribution in [0.5, 0.6) is 5.75 Å². The average Bonchev–Trinajstić information content (AvgIpc) is 2.89. The summed E-state index contributed by atoms with van der Waals surface area (Å²) in [5.41, 5.74) is 2.09. The average molecular weight is 543 g/mol. The molecule has 4 rings (SSSR count). The summed E-state index contributed by atoms with van der Waals surface area (Å²) < 4.78 is 11.0. The molecule has 214 valence electrons. The number of hydrogen-bond donors (Lipinski definition) is 3. The van der Waals surface area contributed by atoms with Gasteiger partial charge < -0.3 is 24.8 Å². The second-order valence-corrected chi connectivity index (χ2v) is 9.77. The second kappa shape index (κ2) is 13.6. The zero-order valence-corrected chi connectivity index (χ0v) is 23.9. The third-order valence-electron chi connectivity index (χ3n) is 6.24. The molecule has 0 unspecified atom stereocenters. The topological polar surface area (TPSA) is 129 Å². The minimum atomic E-state index is -1.18. The van der Waals surface area contributed by atoms with Crippen LogP contribution in [0.25, 0.3) is 0 Å². The Hall–Kier alpha value is -3.44. The van der Waals surface area contributed by atoms with E-state index in [0.717, 1.165) is 30.6 Å². The maximum atomic E-state index is 13.6. The van der Waals surface area contributed by atoms with Crippen molar-refractivity contribution in [2.75, 3.05) is 48.0 Å². The van der Waals surface area contributed by atoms with Gasteiger partial charge in [-0.15, -0.1) is 0 Å². The first-order valence-electron chi connectivity index (χ1n) is 13.8. The number of aryl methyl sites for hydroxylation is 1. The molecule has 1 atom stereocenters. The van der Waals surface area contributed by atoms with E-state index < -0.39 is 5.79 Å². The lowest BCUT2D eigenvalue weighted by Crippen LogP contribution is -2.56. The Labute approximate surface area is 230 Å². The molecule has 3 N–H and O–H groups in total. The van der Waals surface area contributed by atoms with E-state index in [4.69, 9.17) is 9.47 Å². The van der Waals surface area contributed by atoms with Gasteiger partial charge in [0, 0.05) is 38.3 Å². The molecule has 1 saturated heterocycles. The number of anilines is 3. The van der Waals surface area contributed by atoms with Crippen molar-refractivity contribution >= 4 is 29.3 Å². The van der Waals surface area contributed by atoms with Crippen LogP contribution in [-0.2, 0) is 4.74 Å². The monoisotopic (exact) mass is 542 g/mol. The van der Waals surface area contributed by atoms with E-state index in [1.807, 2.05) is 27.7 Å². The predicted molar refractivity (Wildman–Crippen MR) is 152 cm³/mol. The van der Waals surface area contributed by atoms with Gasteiger partial charge in [-0.1, -0.05) is 13.8 Å². The Morgan fingerprint density at radius 3 is 2.72 bits per heavy atom. The van der Waals surface area contributed by atoms with E-state index in [9.17, 15) is 14.7 Å². The van der Waals surface area contributed by atoms with Gasteiger partial charge in [-0.2, -0.15) is 0 Å². The number of amides is 3. The van der Waals surface area contributed by atoms with Gasteiger partial charge in [0.15, 0.2) is 11.6 Å². The molecular weight excluding hydrogens is 500 g/mol. The number of fused-ring (bicyclic) bond motifs is 4. The normalized spacial score (nSPS) is 16.0. The largest absolute Gasteiger partial charge is 0.493 e. The summed E-state index contributed by atoms with van der Waals surface area (Å²) in [6, 6.07) is 4.75. The van der Waals surface area contributed by atoms with E-state index in [1.54, 1.807) is 43.1 Å². The van der Waals surface area contributed by atoms with Gasteiger partial charge in [-0.3, -0.25) is 15.0 Å². The summed E-state index contributed by atoms with van der Waals surface area (Å²) >= 11 is 0.